The third-order valence-corrected chi connectivity index (χ3v) is 10.8. The van der Waals surface area contributed by atoms with Gasteiger partial charge in [0.1, 0.15) is 14.7 Å². The van der Waals surface area contributed by atoms with Crippen LogP contribution in [0.15, 0.2) is 58.3 Å². The van der Waals surface area contributed by atoms with Gasteiger partial charge in [0.2, 0.25) is 0 Å². The second kappa shape index (κ2) is 11.6. The number of para-hydroxylation sites is 2. The predicted octanol–water partition coefficient (Wildman–Crippen LogP) is 4.11. The normalized spacial score (nSPS) is 22.1. The van der Waals surface area contributed by atoms with Crippen LogP contribution in [0, 0.1) is 0 Å². The van der Waals surface area contributed by atoms with E-state index in [2.05, 4.69) is 0 Å². The van der Waals surface area contributed by atoms with Crippen molar-refractivity contribution in [3.63, 3.8) is 0 Å². The first-order chi connectivity index (χ1) is 21.0. The molecule has 0 spiro atoms. The molecule has 0 saturated carbocycles. The van der Waals surface area contributed by atoms with Crippen molar-refractivity contribution in [3.8, 4) is 0 Å². The maximum atomic E-state index is 13.6. The van der Waals surface area contributed by atoms with Gasteiger partial charge < -0.3 is 14.9 Å². The van der Waals surface area contributed by atoms with Crippen LogP contribution in [0.1, 0.15) is 30.4 Å². The lowest BCUT2D eigenvalue weighted by Crippen LogP contribution is -2.44. The number of fused-ring (bicyclic) bond motifs is 2. The molecule has 2 aromatic carbocycles. The molecule has 2 aromatic rings. The van der Waals surface area contributed by atoms with E-state index in [0.717, 1.165) is 34.1 Å². The Kier molecular flexibility index (Phi) is 7.94. The van der Waals surface area contributed by atoms with Gasteiger partial charge in [-0.25, -0.2) is 4.79 Å². The maximum absolute atomic E-state index is 13.6. The van der Waals surface area contributed by atoms with Crippen molar-refractivity contribution in [2.24, 2.45) is 0 Å². The van der Waals surface area contributed by atoms with Gasteiger partial charge in [0, 0.05) is 31.8 Å². The van der Waals surface area contributed by atoms with Gasteiger partial charge >= 0.3 is 5.97 Å². The van der Waals surface area contributed by atoms with Gasteiger partial charge in [-0.1, -0.05) is 84.4 Å². The van der Waals surface area contributed by atoms with Gasteiger partial charge in [-0.15, -0.1) is 0 Å². The second-order valence-corrected chi connectivity index (χ2v) is 13.7. The first kappa shape index (κ1) is 30.2. The second-order valence-electron chi connectivity index (χ2n) is 10.4. The third kappa shape index (κ3) is 4.76. The number of benzene rings is 2. The molecule has 4 heterocycles. The van der Waals surface area contributed by atoms with Crippen LogP contribution < -0.4 is 9.80 Å². The number of hydrogen-bond donors (Lipinski definition) is 1. The van der Waals surface area contributed by atoms with Crippen molar-refractivity contribution < 1.29 is 29.1 Å². The highest BCUT2D eigenvalue weighted by Crippen LogP contribution is 2.46. The fourth-order valence-corrected chi connectivity index (χ4v) is 8.50. The van der Waals surface area contributed by atoms with Gasteiger partial charge in [-0.2, -0.15) is 0 Å². The molecule has 0 unspecified atom stereocenters. The number of carboxylic acid groups (broad SMARTS) is 1. The summed E-state index contributed by atoms with van der Waals surface area (Å²) < 4.78 is 0.391. The monoisotopic (exact) mass is 664 g/mol. The molecule has 0 radical (unpaired) electrons. The summed E-state index contributed by atoms with van der Waals surface area (Å²) >= 11 is 12.9. The highest BCUT2D eigenvalue weighted by Gasteiger charge is 2.45. The van der Waals surface area contributed by atoms with Gasteiger partial charge in [-0.05, 0) is 31.4 Å². The minimum absolute atomic E-state index is 0.0692. The third-order valence-electron chi connectivity index (χ3n) is 7.91. The molecule has 4 amide bonds. The van der Waals surface area contributed by atoms with Crippen molar-refractivity contribution >= 4 is 109 Å². The summed E-state index contributed by atoms with van der Waals surface area (Å²) in [5.74, 6) is -2.83. The molecule has 224 valence electrons. The largest absolute Gasteiger partial charge is 0.480 e. The number of carbonyl (C=O) groups excluding carboxylic acids is 4. The number of thiocarbonyl (C=S) groups is 2. The number of thioether (sulfide) groups is 2. The van der Waals surface area contributed by atoms with E-state index < -0.39 is 17.9 Å². The molecule has 2 saturated heterocycles. The molecule has 1 N–H and O–H groups in total. The lowest BCUT2D eigenvalue weighted by molar-refractivity contribution is -0.145. The van der Waals surface area contributed by atoms with Crippen LogP contribution in [-0.2, 0) is 24.0 Å². The smallest absolute Gasteiger partial charge is 0.326 e. The Morgan fingerprint density at radius 3 is 1.80 bits per heavy atom. The molecule has 0 aliphatic carbocycles. The molecule has 4 aliphatic heterocycles. The summed E-state index contributed by atoms with van der Waals surface area (Å²) in [6.45, 7) is 0.222. The Balaban J connectivity index is 1.15. The molecule has 10 nitrogen and oxygen atoms in total. The quantitative estimate of drug-likeness (QED) is 0.263. The lowest BCUT2D eigenvalue weighted by atomic mass is 10.0. The maximum Gasteiger partial charge on any atom is 0.326 e. The number of likely N-dealkylation sites (N-methyl/N-ethyl adjacent to an activating group) is 2. The molecule has 2 fully saturated rings. The van der Waals surface area contributed by atoms with Gasteiger partial charge in [0.15, 0.2) is 0 Å². The lowest BCUT2D eigenvalue weighted by Gasteiger charge is -2.23. The Morgan fingerprint density at radius 1 is 0.750 bits per heavy atom. The van der Waals surface area contributed by atoms with Gasteiger partial charge in [0.05, 0.1) is 32.3 Å². The fourth-order valence-electron chi connectivity index (χ4n) is 5.69. The van der Waals surface area contributed by atoms with Crippen LogP contribution in [0.25, 0.3) is 11.1 Å². The minimum Gasteiger partial charge on any atom is -0.480 e. The highest BCUT2D eigenvalue weighted by molar-refractivity contribution is 8.27. The number of nitrogens with zero attached hydrogens (tertiary/aromatic N) is 4. The zero-order chi connectivity index (χ0) is 31.4. The van der Waals surface area contributed by atoms with Crippen LogP contribution in [-0.4, -0.2) is 79.8 Å². The molecular formula is C30H24N4O6S4. The van der Waals surface area contributed by atoms with Crippen molar-refractivity contribution in [3.05, 3.63) is 69.5 Å². The SMILES string of the molecule is CN1C(=O)/C(=C2\SC(=S)N(CCCC[C@H](C(=O)O)N3C(=O)/C(=C4/C(=O)N(C)c5ccccc54)SC3=S)C2=O)c2ccccc21. The summed E-state index contributed by atoms with van der Waals surface area (Å²) in [6.07, 6.45) is 0.815. The molecule has 44 heavy (non-hydrogen) atoms. The average Bonchev–Trinajstić information content (AvgIpc) is 3.63. The Bertz CT molecular complexity index is 1790. The number of carbonyl (C=O) groups is 5. The average molecular weight is 665 g/mol. The highest BCUT2D eigenvalue weighted by atomic mass is 32.2. The fraction of sp³-hybridized carbons (Fsp3) is 0.233. The molecule has 14 heteroatoms. The Labute approximate surface area is 271 Å². The predicted molar refractivity (Wildman–Crippen MR) is 178 cm³/mol. The van der Waals surface area contributed by atoms with Crippen molar-refractivity contribution in [1.29, 1.82) is 0 Å². The Morgan fingerprint density at radius 2 is 1.25 bits per heavy atom. The van der Waals surface area contributed by atoms with E-state index in [4.69, 9.17) is 24.4 Å². The summed E-state index contributed by atoms with van der Waals surface area (Å²) in [4.78, 5) is 71.2. The van der Waals surface area contributed by atoms with Crippen LogP contribution in [0.4, 0.5) is 11.4 Å². The van der Waals surface area contributed by atoms with E-state index in [1.165, 1.54) is 14.7 Å². The zero-order valence-electron chi connectivity index (χ0n) is 23.4. The minimum atomic E-state index is -1.25. The summed E-state index contributed by atoms with van der Waals surface area (Å²) in [7, 11) is 3.28. The number of hydrogen-bond acceptors (Lipinski definition) is 9. The first-order valence-electron chi connectivity index (χ1n) is 13.6. The molecular weight excluding hydrogens is 641 g/mol. The number of aliphatic carboxylic acids is 1. The van der Waals surface area contributed by atoms with Crippen molar-refractivity contribution in [2.75, 3.05) is 30.4 Å². The van der Waals surface area contributed by atoms with Crippen LogP contribution in [0.3, 0.4) is 0 Å². The van der Waals surface area contributed by atoms with E-state index in [-0.39, 0.29) is 50.4 Å². The van der Waals surface area contributed by atoms with E-state index in [1.54, 1.807) is 44.4 Å². The standard InChI is InChI=1S/C30H24N4O6S4/c1-31-17-11-5-3-9-15(17)20(24(31)35)22-26(37)33(29(41)43-22)14-8-7-13-19(28(39)40)34-27(38)23(44-30(34)42)21-16-10-4-6-12-18(16)32(2)25(21)36/h3-6,9-12,19H,7-8,13-14H2,1-2H3,(H,39,40)/b22-20-,23-21-/t19-/m1/s1. The first-order valence-corrected chi connectivity index (χ1v) is 16.0. The molecule has 1 atom stereocenters. The zero-order valence-corrected chi connectivity index (χ0v) is 26.7. The molecule has 0 bridgehead atoms. The van der Waals surface area contributed by atoms with E-state index in [9.17, 15) is 29.1 Å². The Hall–Kier alpha value is -3.85. The number of anilines is 2. The number of rotatable bonds is 7. The number of amides is 4. The number of unbranched alkanes of at least 4 members (excludes halogenated alkanes) is 1. The van der Waals surface area contributed by atoms with E-state index >= 15 is 0 Å². The topological polar surface area (TPSA) is 119 Å². The van der Waals surface area contributed by atoms with Crippen molar-refractivity contribution in [2.45, 2.75) is 25.3 Å². The summed E-state index contributed by atoms with van der Waals surface area (Å²) in [6, 6.07) is 13.1. The number of carboxylic acids is 1. The van der Waals surface area contributed by atoms with Gasteiger partial charge in [0.25, 0.3) is 23.6 Å². The van der Waals surface area contributed by atoms with E-state index in [1.807, 2.05) is 18.2 Å². The van der Waals surface area contributed by atoms with Gasteiger partial charge in [-0.3, -0.25) is 29.0 Å². The van der Waals surface area contributed by atoms with E-state index in [0.29, 0.717) is 39.5 Å². The summed E-state index contributed by atoms with van der Waals surface area (Å²) in [5, 5.41) is 10.1. The molecule has 4 aliphatic rings. The van der Waals surface area contributed by atoms with Crippen LogP contribution in [0.2, 0.25) is 0 Å². The van der Waals surface area contributed by atoms with Crippen LogP contribution in [0.5, 0.6) is 0 Å². The van der Waals surface area contributed by atoms with Crippen LogP contribution >= 0.6 is 48.0 Å². The summed E-state index contributed by atoms with van der Waals surface area (Å²) in [5.41, 5.74) is 3.19. The molecule has 6 rings (SSSR count). The molecule has 0 aromatic heterocycles. The van der Waals surface area contributed by atoms with Crippen molar-refractivity contribution in [1.82, 2.24) is 9.80 Å².